The first-order valence-electron chi connectivity index (χ1n) is 5.73. The van der Waals surface area contributed by atoms with Crippen molar-refractivity contribution in [2.45, 2.75) is 32.9 Å². The zero-order chi connectivity index (χ0) is 12.0. The summed E-state index contributed by atoms with van der Waals surface area (Å²) < 4.78 is 13.2. The van der Waals surface area contributed by atoms with Crippen molar-refractivity contribution in [3.8, 4) is 0 Å². The highest BCUT2D eigenvalue weighted by Gasteiger charge is 2.08. The number of rotatable bonds is 6. The Hall–Kier alpha value is -0.930. The summed E-state index contributed by atoms with van der Waals surface area (Å²) >= 11 is 0. The maximum atomic E-state index is 13.2. The highest BCUT2D eigenvalue weighted by molar-refractivity contribution is 5.16. The van der Waals surface area contributed by atoms with E-state index in [1.807, 2.05) is 19.9 Å². The monoisotopic (exact) mass is 225 g/mol. The third-order valence-electron chi connectivity index (χ3n) is 2.66. The van der Waals surface area contributed by atoms with Gasteiger partial charge in [0.15, 0.2) is 0 Å². The maximum Gasteiger partial charge on any atom is 0.127 e. The van der Waals surface area contributed by atoms with Crippen LogP contribution in [0.1, 0.15) is 25.8 Å². The van der Waals surface area contributed by atoms with Gasteiger partial charge in [0.1, 0.15) is 5.82 Å². The lowest BCUT2D eigenvalue weighted by molar-refractivity contribution is 0.116. The van der Waals surface area contributed by atoms with Crippen molar-refractivity contribution < 1.29 is 9.50 Å². The average molecular weight is 225 g/mol. The van der Waals surface area contributed by atoms with E-state index in [0.29, 0.717) is 25.1 Å². The zero-order valence-corrected chi connectivity index (χ0v) is 9.91. The number of hydrogen-bond acceptors (Lipinski definition) is 2. The van der Waals surface area contributed by atoms with E-state index >= 15 is 0 Å². The van der Waals surface area contributed by atoms with Crippen LogP contribution in [0.25, 0.3) is 0 Å². The van der Waals surface area contributed by atoms with Gasteiger partial charge in [-0.1, -0.05) is 32.0 Å². The molecular formula is C13H20FNO. The fourth-order valence-electron chi connectivity index (χ4n) is 1.45. The van der Waals surface area contributed by atoms with E-state index < -0.39 is 0 Å². The van der Waals surface area contributed by atoms with Crippen LogP contribution in [-0.2, 0) is 6.54 Å². The summed E-state index contributed by atoms with van der Waals surface area (Å²) in [5, 5.41) is 12.7. The number of aliphatic hydroxyl groups excluding tert-OH is 1. The first-order valence-corrected chi connectivity index (χ1v) is 5.73. The lowest BCUT2D eigenvalue weighted by Gasteiger charge is -2.14. The predicted molar refractivity (Wildman–Crippen MR) is 63.6 cm³/mol. The number of benzene rings is 1. The minimum Gasteiger partial charge on any atom is -0.393 e. The summed E-state index contributed by atoms with van der Waals surface area (Å²) in [6.07, 6.45) is 0.416. The molecule has 1 aromatic rings. The number of hydrogen-bond donors (Lipinski definition) is 2. The second-order valence-corrected chi connectivity index (χ2v) is 4.37. The van der Waals surface area contributed by atoms with Crippen LogP contribution in [0.2, 0.25) is 0 Å². The molecule has 1 atom stereocenters. The van der Waals surface area contributed by atoms with Crippen LogP contribution >= 0.6 is 0 Å². The predicted octanol–water partition coefficient (Wildman–Crippen LogP) is 2.32. The molecule has 90 valence electrons. The highest BCUT2D eigenvalue weighted by Crippen LogP contribution is 2.07. The number of halogens is 1. The Morgan fingerprint density at radius 1 is 1.31 bits per heavy atom. The Balaban J connectivity index is 2.24. The Morgan fingerprint density at radius 3 is 2.62 bits per heavy atom. The largest absolute Gasteiger partial charge is 0.393 e. The van der Waals surface area contributed by atoms with Crippen molar-refractivity contribution in [2.75, 3.05) is 6.54 Å². The van der Waals surface area contributed by atoms with E-state index in [0.717, 1.165) is 0 Å². The maximum absolute atomic E-state index is 13.2. The van der Waals surface area contributed by atoms with E-state index in [-0.39, 0.29) is 17.8 Å². The Morgan fingerprint density at radius 2 is 2.00 bits per heavy atom. The van der Waals surface area contributed by atoms with Gasteiger partial charge in [0.05, 0.1) is 6.10 Å². The molecule has 1 rings (SSSR count). The van der Waals surface area contributed by atoms with Crippen LogP contribution in [0, 0.1) is 11.7 Å². The fourth-order valence-corrected chi connectivity index (χ4v) is 1.45. The minimum absolute atomic E-state index is 0.181. The van der Waals surface area contributed by atoms with Crippen molar-refractivity contribution in [1.29, 1.82) is 0 Å². The van der Waals surface area contributed by atoms with Crippen LogP contribution < -0.4 is 5.32 Å². The SMILES string of the molecule is CC(C)C(O)CCNCc1ccccc1F. The molecule has 2 N–H and O–H groups in total. The van der Waals surface area contributed by atoms with E-state index in [9.17, 15) is 9.50 Å². The molecule has 0 spiro atoms. The molecule has 1 aromatic carbocycles. The summed E-state index contributed by atoms with van der Waals surface area (Å²) in [7, 11) is 0. The fraction of sp³-hybridized carbons (Fsp3) is 0.538. The second-order valence-electron chi connectivity index (χ2n) is 4.37. The van der Waals surface area contributed by atoms with E-state index in [2.05, 4.69) is 5.32 Å². The van der Waals surface area contributed by atoms with Crippen LogP contribution in [-0.4, -0.2) is 17.8 Å². The molecule has 0 aliphatic carbocycles. The van der Waals surface area contributed by atoms with Crippen LogP contribution in [0.4, 0.5) is 4.39 Å². The van der Waals surface area contributed by atoms with Crippen molar-refractivity contribution in [3.05, 3.63) is 35.6 Å². The lowest BCUT2D eigenvalue weighted by Crippen LogP contribution is -2.23. The first kappa shape index (κ1) is 13.1. The van der Waals surface area contributed by atoms with Gasteiger partial charge in [-0.15, -0.1) is 0 Å². The molecule has 0 amide bonds. The average Bonchev–Trinajstić information content (AvgIpc) is 2.26. The van der Waals surface area contributed by atoms with E-state index in [4.69, 9.17) is 0 Å². The molecule has 0 saturated carbocycles. The van der Waals surface area contributed by atoms with Gasteiger partial charge in [0, 0.05) is 12.1 Å². The van der Waals surface area contributed by atoms with Gasteiger partial charge in [-0.2, -0.15) is 0 Å². The van der Waals surface area contributed by atoms with Gasteiger partial charge in [0.25, 0.3) is 0 Å². The number of nitrogens with one attached hydrogen (secondary N) is 1. The quantitative estimate of drug-likeness (QED) is 0.728. The van der Waals surface area contributed by atoms with Gasteiger partial charge in [-0.25, -0.2) is 4.39 Å². The topological polar surface area (TPSA) is 32.3 Å². The zero-order valence-electron chi connectivity index (χ0n) is 9.91. The normalized spacial score (nSPS) is 13.1. The molecule has 3 heteroatoms. The molecule has 0 fully saturated rings. The van der Waals surface area contributed by atoms with E-state index in [1.165, 1.54) is 6.07 Å². The molecule has 0 bridgehead atoms. The smallest absolute Gasteiger partial charge is 0.127 e. The molecule has 16 heavy (non-hydrogen) atoms. The minimum atomic E-state index is -0.284. The highest BCUT2D eigenvalue weighted by atomic mass is 19.1. The molecule has 0 heterocycles. The molecule has 0 saturated heterocycles. The van der Waals surface area contributed by atoms with E-state index in [1.54, 1.807) is 12.1 Å². The molecule has 0 aliphatic rings. The Kier molecular flexibility index (Phi) is 5.43. The molecule has 1 unspecified atom stereocenters. The lowest BCUT2D eigenvalue weighted by atomic mass is 10.0. The van der Waals surface area contributed by atoms with Crippen molar-refractivity contribution in [1.82, 2.24) is 5.32 Å². The third kappa shape index (κ3) is 4.29. The summed E-state index contributed by atoms with van der Waals surface area (Å²) in [6, 6.07) is 6.73. The van der Waals surface area contributed by atoms with Gasteiger partial charge in [-0.3, -0.25) is 0 Å². The van der Waals surface area contributed by atoms with Crippen LogP contribution in [0.5, 0.6) is 0 Å². The second kappa shape index (κ2) is 6.61. The summed E-state index contributed by atoms with van der Waals surface area (Å²) in [4.78, 5) is 0. The Labute approximate surface area is 96.5 Å². The number of aliphatic hydroxyl groups is 1. The molecule has 0 aromatic heterocycles. The first-order chi connectivity index (χ1) is 7.61. The van der Waals surface area contributed by atoms with Gasteiger partial charge >= 0.3 is 0 Å². The molecular weight excluding hydrogens is 205 g/mol. The standard InChI is InChI=1S/C13H20FNO/c1-10(2)13(16)7-8-15-9-11-5-3-4-6-12(11)14/h3-6,10,13,15-16H,7-9H2,1-2H3. The van der Waals surface area contributed by atoms with Crippen molar-refractivity contribution in [2.24, 2.45) is 5.92 Å². The van der Waals surface area contributed by atoms with Crippen molar-refractivity contribution in [3.63, 3.8) is 0 Å². The van der Waals surface area contributed by atoms with Gasteiger partial charge in [0.2, 0.25) is 0 Å². The van der Waals surface area contributed by atoms with Crippen LogP contribution in [0.3, 0.4) is 0 Å². The van der Waals surface area contributed by atoms with Crippen LogP contribution in [0.15, 0.2) is 24.3 Å². The molecule has 2 nitrogen and oxygen atoms in total. The van der Waals surface area contributed by atoms with Gasteiger partial charge < -0.3 is 10.4 Å². The third-order valence-corrected chi connectivity index (χ3v) is 2.66. The molecule has 0 radical (unpaired) electrons. The summed E-state index contributed by atoms with van der Waals surface area (Å²) in [5.74, 6) is 0.0923. The molecule has 0 aliphatic heterocycles. The van der Waals surface area contributed by atoms with Gasteiger partial charge in [-0.05, 0) is 24.9 Å². The Bertz CT molecular complexity index is 315. The summed E-state index contributed by atoms with van der Waals surface area (Å²) in [6.45, 7) is 5.19. The summed E-state index contributed by atoms with van der Waals surface area (Å²) in [5.41, 5.74) is 0.668. The van der Waals surface area contributed by atoms with Crippen molar-refractivity contribution >= 4 is 0 Å².